The summed E-state index contributed by atoms with van der Waals surface area (Å²) in [4.78, 5) is 29.6. The Hall–Kier alpha value is -2.35. The molecule has 2 aromatic rings. The van der Waals surface area contributed by atoms with Gasteiger partial charge in [-0.25, -0.2) is 4.79 Å². The van der Waals surface area contributed by atoms with Gasteiger partial charge in [0.25, 0.3) is 0 Å². The van der Waals surface area contributed by atoms with Crippen LogP contribution in [0.4, 0.5) is 4.79 Å². The summed E-state index contributed by atoms with van der Waals surface area (Å²) >= 11 is 1.30. The highest BCUT2D eigenvalue weighted by molar-refractivity contribution is 8.13. The van der Waals surface area contributed by atoms with Crippen molar-refractivity contribution in [2.24, 2.45) is 0 Å². The van der Waals surface area contributed by atoms with Crippen LogP contribution in [0.1, 0.15) is 31.4 Å². The Morgan fingerprint density at radius 1 is 1.00 bits per heavy atom. The Labute approximate surface area is 208 Å². The average molecular weight is 483 g/mol. The molecule has 0 radical (unpaired) electrons. The third-order valence-electron chi connectivity index (χ3n) is 6.44. The number of hydrogen-bond acceptors (Lipinski definition) is 5. The van der Waals surface area contributed by atoms with E-state index in [1.165, 1.54) is 17.3 Å². The summed E-state index contributed by atoms with van der Waals surface area (Å²) in [5.41, 5.74) is 1.68. The Kier molecular flexibility index (Phi) is 9.99. The monoisotopic (exact) mass is 482 g/mol. The molecule has 2 aromatic carbocycles. The van der Waals surface area contributed by atoms with Gasteiger partial charge in [-0.1, -0.05) is 72.4 Å². The number of nitrogens with zero attached hydrogens (tertiary/aromatic N) is 2. The molecule has 0 aromatic heterocycles. The predicted octanol–water partition coefficient (Wildman–Crippen LogP) is 3.73. The molecular weight excluding hydrogens is 444 g/mol. The Morgan fingerprint density at radius 3 is 2.24 bits per heavy atom. The van der Waals surface area contributed by atoms with E-state index in [9.17, 15) is 9.59 Å². The first kappa shape index (κ1) is 26.3. The Balaban J connectivity index is 1.70. The topological polar surface area (TPSA) is 64.7 Å². The lowest BCUT2D eigenvalue weighted by atomic mass is 9.89. The fourth-order valence-corrected chi connectivity index (χ4v) is 5.16. The van der Waals surface area contributed by atoms with Gasteiger partial charge in [0.2, 0.25) is 0 Å². The zero-order valence-electron chi connectivity index (χ0n) is 20.6. The van der Waals surface area contributed by atoms with E-state index in [2.05, 4.69) is 39.6 Å². The van der Waals surface area contributed by atoms with Crippen LogP contribution >= 0.6 is 11.8 Å². The minimum atomic E-state index is -0.571. The van der Waals surface area contributed by atoms with Crippen molar-refractivity contribution in [1.82, 2.24) is 20.4 Å². The molecule has 0 saturated carbocycles. The van der Waals surface area contributed by atoms with E-state index < -0.39 is 5.54 Å². The lowest BCUT2D eigenvalue weighted by Crippen LogP contribution is -2.55. The van der Waals surface area contributed by atoms with Crippen LogP contribution in [-0.4, -0.2) is 72.5 Å². The molecule has 184 valence electrons. The van der Waals surface area contributed by atoms with Crippen LogP contribution in [-0.2, 0) is 16.8 Å². The highest BCUT2D eigenvalue weighted by Gasteiger charge is 2.30. The number of piperazine rings is 1. The molecule has 1 unspecified atom stereocenters. The number of likely N-dealkylation sites (N-methyl/N-ethyl adjacent to an activating group) is 1. The fourth-order valence-electron chi connectivity index (χ4n) is 4.36. The molecule has 1 fully saturated rings. The molecule has 3 rings (SSSR count). The smallest absolute Gasteiger partial charge is 0.315 e. The molecule has 1 aliphatic heterocycles. The number of carbonyl (C=O) groups excluding carboxylic acids is 2. The number of benzene rings is 2. The standard InChI is InChI=1S/C27H38N4O2S/c1-22(32)34-19-14-27(2,24-12-8-5-9-13-24)29-26(33)28-25(20-23-10-6-4-7-11-23)21-31-17-15-30(3)16-18-31/h4-13,25H,14-21H2,1-3H3,(H2,28,29,33)/t25-,27?/m0/s1. The quantitative estimate of drug-likeness (QED) is 0.540. The molecule has 0 spiro atoms. The molecule has 2 atom stereocenters. The number of amides is 2. The van der Waals surface area contributed by atoms with Crippen LogP contribution in [0.15, 0.2) is 60.7 Å². The van der Waals surface area contributed by atoms with Crippen molar-refractivity contribution in [1.29, 1.82) is 0 Å². The normalized spacial score (nSPS) is 17.5. The highest BCUT2D eigenvalue weighted by atomic mass is 32.2. The summed E-state index contributed by atoms with van der Waals surface area (Å²) < 4.78 is 0. The lowest BCUT2D eigenvalue weighted by molar-refractivity contribution is -0.109. The van der Waals surface area contributed by atoms with E-state index in [0.29, 0.717) is 12.2 Å². The van der Waals surface area contributed by atoms with E-state index in [0.717, 1.165) is 44.7 Å². The number of rotatable bonds is 10. The van der Waals surface area contributed by atoms with Crippen molar-refractivity contribution in [2.45, 2.75) is 38.3 Å². The Morgan fingerprint density at radius 2 is 1.62 bits per heavy atom. The van der Waals surface area contributed by atoms with E-state index >= 15 is 0 Å². The highest BCUT2D eigenvalue weighted by Crippen LogP contribution is 2.26. The van der Waals surface area contributed by atoms with Gasteiger partial charge in [-0.15, -0.1) is 0 Å². The number of thioether (sulfide) groups is 1. The maximum Gasteiger partial charge on any atom is 0.315 e. The first-order chi connectivity index (χ1) is 16.3. The minimum Gasteiger partial charge on any atom is -0.334 e. The van der Waals surface area contributed by atoms with Crippen LogP contribution in [0.5, 0.6) is 0 Å². The molecule has 7 heteroatoms. The molecule has 34 heavy (non-hydrogen) atoms. The van der Waals surface area contributed by atoms with Gasteiger partial charge >= 0.3 is 6.03 Å². The zero-order valence-corrected chi connectivity index (χ0v) is 21.4. The predicted molar refractivity (Wildman–Crippen MR) is 141 cm³/mol. The Bertz CT molecular complexity index is 903. The van der Waals surface area contributed by atoms with Crippen LogP contribution in [0.3, 0.4) is 0 Å². The van der Waals surface area contributed by atoms with Crippen molar-refractivity contribution in [2.75, 3.05) is 45.5 Å². The second kappa shape index (κ2) is 12.9. The summed E-state index contributed by atoms with van der Waals surface area (Å²) in [6, 6.07) is 20.2. The molecule has 2 amide bonds. The van der Waals surface area contributed by atoms with Gasteiger partial charge in [0.15, 0.2) is 5.12 Å². The van der Waals surface area contributed by atoms with Gasteiger partial charge in [-0.2, -0.15) is 0 Å². The number of carbonyl (C=O) groups is 2. The first-order valence-electron chi connectivity index (χ1n) is 12.1. The zero-order chi connectivity index (χ0) is 24.4. The SMILES string of the molecule is CC(=O)SCCC(C)(NC(=O)N[C@@H](Cc1ccccc1)CN1CCN(C)CC1)c1ccccc1. The van der Waals surface area contributed by atoms with Crippen molar-refractivity contribution in [3.8, 4) is 0 Å². The largest absolute Gasteiger partial charge is 0.334 e. The summed E-state index contributed by atoms with van der Waals surface area (Å²) in [5.74, 6) is 0.649. The molecular formula is C27H38N4O2S. The molecule has 1 heterocycles. The number of urea groups is 1. The van der Waals surface area contributed by atoms with Crippen molar-refractivity contribution in [3.63, 3.8) is 0 Å². The molecule has 0 aliphatic carbocycles. The summed E-state index contributed by atoms with van der Waals surface area (Å²) in [6.45, 7) is 8.54. The van der Waals surface area contributed by atoms with Crippen LogP contribution in [0.25, 0.3) is 0 Å². The fraction of sp³-hybridized carbons (Fsp3) is 0.481. The molecule has 2 N–H and O–H groups in total. The summed E-state index contributed by atoms with van der Waals surface area (Å²) in [5, 5.41) is 6.60. The first-order valence-corrected chi connectivity index (χ1v) is 13.0. The van der Waals surface area contributed by atoms with Crippen LogP contribution in [0.2, 0.25) is 0 Å². The summed E-state index contributed by atoms with van der Waals surface area (Å²) in [7, 11) is 2.15. The maximum atomic E-state index is 13.3. The number of hydrogen-bond donors (Lipinski definition) is 2. The lowest BCUT2D eigenvalue weighted by Gasteiger charge is -2.36. The maximum absolute atomic E-state index is 13.3. The third-order valence-corrected chi connectivity index (χ3v) is 7.26. The molecule has 6 nitrogen and oxygen atoms in total. The van der Waals surface area contributed by atoms with E-state index in [-0.39, 0.29) is 17.2 Å². The molecule has 0 bridgehead atoms. The van der Waals surface area contributed by atoms with Gasteiger partial charge in [0.05, 0.1) is 5.54 Å². The second-order valence-electron chi connectivity index (χ2n) is 9.38. The molecule has 1 saturated heterocycles. The van der Waals surface area contributed by atoms with E-state index in [4.69, 9.17) is 0 Å². The van der Waals surface area contributed by atoms with E-state index in [1.54, 1.807) is 6.92 Å². The van der Waals surface area contributed by atoms with Gasteiger partial charge < -0.3 is 15.5 Å². The van der Waals surface area contributed by atoms with Gasteiger partial charge in [-0.3, -0.25) is 9.69 Å². The number of nitrogens with one attached hydrogen (secondary N) is 2. The average Bonchev–Trinajstić information content (AvgIpc) is 2.81. The van der Waals surface area contributed by atoms with Crippen molar-refractivity contribution < 1.29 is 9.59 Å². The van der Waals surface area contributed by atoms with Gasteiger partial charge in [-0.05, 0) is 37.9 Å². The van der Waals surface area contributed by atoms with Gasteiger partial charge in [0.1, 0.15) is 0 Å². The third kappa shape index (κ3) is 8.46. The van der Waals surface area contributed by atoms with Crippen molar-refractivity contribution in [3.05, 3.63) is 71.8 Å². The minimum absolute atomic E-state index is 0.00239. The second-order valence-corrected chi connectivity index (χ2v) is 10.6. The molecule has 1 aliphatic rings. The van der Waals surface area contributed by atoms with E-state index in [1.807, 2.05) is 55.5 Å². The van der Waals surface area contributed by atoms with Crippen molar-refractivity contribution >= 4 is 22.9 Å². The van der Waals surface area contributed by atoms with Gasteiger partial charge in [0, 0.05) is 51.4 Å². The van der Waals surface area contributed by atoms with Crippen LogP contribution in [0, 0.1) is 0 Å². The van der Waals surface area contributed by atoms with Crippen LogP contribution < -0.4 is 10.6 Å². The summed E-state index contributed by atoms with van der Waals surface area (Å²) in [6.07, 6.45) is 1.44.